The summed E-state index contributed by atoms with van der Waals surface area (Å²) in [5, 5.41) is 0. The van der Waals surface area contributed by atoms with Crippen molar-refractivity contribution in [2.75, 3.05) is 0 Å². The molecule has 0 saturated carbocycles. The van der Waals surface area contributed by atoms with Crippen LogP contribution in [0.25, 0.3) is 11.0 Å². The summed E-state index contributed by atoms with van der Waals surface area (Å²) in [4.78, 5) is 8.22. The molecule has 2 rings (SSSR count). The molecule has 1 heterocycles. The summed E-state index contributed by atoms with van der Waals surface area (Å²) in [6.07, 6.45) is 12.8. The largest absolute Gasteiger partial charge is 0.342 e. The fourth-order valence-corrected chi connectivity index (χ4v) is 2.86. The maximum absolute atomic E-state index is 4.71. The van der Waals surface area contributed by atoms with Crippen molar-refractivity contribution in [1.82, 2.24) is 9.97 Å². The minimum Gasteiger partial charge on any atom is -0.342 e. The number of H-pyrrole nitrogens is 1. The number of aromatic amines is 1. The van der Waals surface area contributed by atoms with Gasteiger partial charge in [-0.1, -0.05) is 58.4 Å². The first-order chi connectivity index (χ1) is 10.3. The maximum Gasteiger partial charge on any atom is 0.107 e. The molecule has 0 atom stereocenters. The minimum atomic E-state index is 1.09. The van der Waals surface area contributed by atoms with Gasteiger partial charge in [-0.2, -0.15) is 0 Å². The van der Waals surface area contributed by atoms with Gasteiger partial charge >= 0.3 is 0 Å². The molecule has 0 spiro atoms. The van der Waals surface area contributed by atoms with E-state index in [2.05, 4.69) is 37.0 Å². The topological polar surface area (TPSA) is 28.7 Å². The van der Waals surface area contributed by atoms with Gasteiger partial charge in [0.2, 0.25) is 0 Å². The molecule has 1 N–H and O–H groups in total. The molecule has 0 saturated heterocycles. The zero-order valence-electron chi connectivity index (χ0n) is 13.8. The van der Waals surface area contributed by atoms with Crippen molar-refractivity contribution in [1.29, 1.82) is 0 Å². The lowest BCUT2D eigenvalue weighted by Gasteiger charge is -2.00. The van der Waals surface area contributed by atoms with Crippen LogP contribution < -0.4 is 0 Å². The molecule has 0 amide bonds. The van der Waals surface area contributed by atoms with Crippen molar-refractivity contribution in [2.45, 2.75) is 78.1 Å². The van der Waals surface area contributed by atoms with Crippen molar-refractivity contribution >= 4 is 11.0 Å². The second-order valence-corrected chi connectivity index (χ2v) is 6.16. The molecule has 0 bridgehead atoms. The molecule has 0 radical (unpaired) electrons. The molecule has 1 aromatic carbocycles. The summed E-state index contributed by atoms with van der Waals surface area (Å²) in [7, 11) is 0. The molecule has 0 fully saturated rings. The number of nitrogens with one attached hydrogen (secondary N) is 1. The van der Waals surface area contributed by atoms with Crippen molar-refractivity contribution in [3.63, 3.8) is 0 Å². The number of nitrogens with zero attached hydrogens (tertiary/aromatic N) is 1. The zero-order chi connectivity index (χ0) is 14.9. The highest BCUT2D eigenvalue weighted by Crippen LogP contribution is 2.17. The molecular weight excluding hydrogens is 256 g/mol. The number of benzene rings is 1. The van der Waals surface area contributed by atoms with E-state index in [1.54, 1.807) is 0 Å². The van der Waals surface area contributed by atoms with Crippen LogP contribution in [0.1, 0.15) is 76.6 Å². The summed E-state index contributed by atoms with van der Waals surface area (Å²) in [5.74, 6) is 1.16. The van der Waals surface area contributed by atoms with Gasteiger partial charge in [-0.25, -0.2) is 4.98 Å². The molecule has 1 aromatic heterocycles. The zero-order valence-corrected chi connectivity index (χ0v) is 13.8. The first-order valence-corrected chi connectivity index (χ1v) is 8.81. The number of fused-ring (bicyclic) bond motifs is 1. The van der Waals surface area contributed by atoms with Crippen LogP contribution in [0.2, 0.25) is 0 Å². The quantitative estimate of drug-likeness (QED) is 0.549. The monoisotopic (exact) mass is 286 g/mol. The van der Waals surface area contributed by atoms with Crippen LogP contribution in [-0.2, 0) is 12.8 Å². The van der Waals surface area contributed by atoms with Crippen LogP contribution in [0.5, 0.6) is 0 Å². The standard InChI is InChI=1S/C19H30N2/c1-3-5-7-8-10-12-19-20-17-14-13-16(11-9-6-4-2)15-18(17)21-19/h13-15H,3-12H2,1-2H3,(H,20,21). The van der Waals surface area contributed by atoms with Gasteiger partial charge in [0.1, 0.15) is 5.82 Å². The lowest BCUT2D eigenvalue weighted by molar-refractivity contribution is 0.625. The smallest absolute Gasteiger partial charge is 0.107 e. The van der Waals surface area contributed by atoms with Crippen molar-refractivity contribution in [3.8, 4) is 0 Å². The van der Waals surface area contributed by atoms with E-state index in [-0.39, 0.29) is 0 Å². The highest BCUT2D eigenvalue weighted by Gasteiger charge is 2.04. The molecule has 21 heavy (non-hydrogen) atoms. The number of aryl methyl sites for hydroxylation is 2. The van der Waals surface area contributed by atoms with E-state index < -0.39 is 0 Å². The number of hydrogen-bond donors (Lipinski definition) is 1. The number of aromatic nitrogens is 2. The average Bonchev–Trinajstić information content (AvgIpc) is 2.89. The van der Waals surface area contributed by atoms with Gasteiger partial charge in [-0.3, -0.25) is 0 Å². The van der Waals surface area contributed by atoms with E-state index in [0.717, 1.165) is 17.8 Å². The Labute approximate surface area is 129 Å². The summed E-state index contributed by atoms with van der Waals surface area (Å²) in [6, 6.07) is 6.70. The van der Waals surface area contributed by atoms with Crippen LogP contribution in [0, 0.1) is 0 Å². The molecule has 0 unspecified atom stereocenters. The molecule has 116 valence electrons. The van der Waals surface area contributed by atoms with Crippen molar-refractivity contribution in [3.05, 3.63) is 29.6 Å². The molecule has 2 heteroatoms. The Hall–Kier alpha value is -1.31. The Bertz CT molecular complexity index is 527. The second-order valence-electron chi connectivity index (χ2n) is 6.16. The highest BCUT2D eigenvalue weighted by atomic mass is 14.9. The van der Waals surface area contributed by atoms with Crippen molar-refractivity contribution in [2.24, 2.45) is 0 Å². The Morgan fingerprint density at radius 2 is 1.57 bits per heavy atom. The van der Waals surface area contributed by atoms with Crippen LogP contribution >= 0.6 is 0 Å². The molecule has 0 aliphatic rings. The molecular formula is C19H30N2. The van der Waals surface area contributed by atoms with Crippen LogP contribution in [0.15, 0.2) is 18.2 Å². The van der Waals surface area contributed by atoms with E-state index in [1.807, 2.05) is 0 Å². The number of hydrogen-bond acceptors (Lipinski definition) is 1. The van der Waals surface area contributed by atoms with Gasteiger partial charge in [0, 0.05) is 6.42 Å². The lowest BCUT2D eigenvalue weighted by atomic mass is 10.1. The summed E-state index contributed by atoms with van der Waals surface area (Å²) in [5.41, 5.74) is 3.78. The van der Waals surface area contributed by atoms with Crippen LogP contribution in [0.3, 0.4) is 0 Å². The second kappa shape index (κ2) is 8.86. The first kappa shape index (κ1) is 16.1. The Kier molecular flexibility index (Phi) is 6.78. The minimum absolute atomic E-state index is 1.09. The number of imidazole rings is 1. The molecule has 0 aliphatic heterocycles. The van der Waals surface area contributed by atoms with Gasteiger partial charge < -0.3 is 4.98 Å². The Balaban J connectivity index is 1.88. The number of rotatable bonds is 10. The third-order valence-corrected chi connectivity index (χ3v) is 4.18. The van der Waals surface area contributed by atoms with Crippen LogP contribution in [0.4, 0.5) is 0 Å². The van der Waals surface area contributed by atoms with E-state index in [1.165, 1.54) is 68.9 Å². The number of unbranched alkanes of at least 4 members (excludes halogenated alkanes) is 6. The van der Waals surface area contributed by atoms with Crippen LogP contribution in [-0.4, -0.2) is 9.97 Å². The van der Waals surface area contributed by atoms with Gasteiger partial charge in [0.05, 0.1) is 11.0 Å². The molecule has 2 aromatic rings. The lowest BCUT2D eigenvalue weighted by Crippen LogP contribution is -1.88. The van der Waals surface area contributed by atoms with Gasteiger partial charge in [0.25, 0.3) is 0 Å². The first-order valence-electron chi connectivity index (χ1n) is 8.81. The van der Waals surface area contributed by atoms with Gasteiger partial charge in [-0.15, -0.1) is 0 Å². The summed E-state index contributed by atoms with van der Waals surface area (Å²) >= 11 is 0. The fraction of sp³-hybridized carbons (Fsp3) is 0.632. The van der Waals surface area contributed by atoms with Gasteiger partial charge in [-0.05, 0) is 37.0 Å². The summed E-state index contributed by atoms with van der Waals surface area (Å²) < 4.78 is 0. The normalized spacial score (nSPS) is 11.3. The Morgan fingerprint density at radius 1 is 0.857 bits per heavy atom. The third-order valence-electron chi connectivity index (χ3n) is 4.18. The maximum atomic E-state index is 4.71. The van der Waals surface area contributed by atoms with Crippen molar-refractivity contribution < 1.29 is 0 Å². The average molecular weight is 286 g/mol. The fourth-order valence-electron chi connectivity index (χ4n) is 2.86. The molecule has 0 aliphatic carbocycles. The van der Waals surface area contributed by atoms with E-state index in [0.29, 0.717) is 0 Å². The Morgan fingerprint density at radius 3 is 2.38 bits per heavy atom. The van der Waals surface area contributed by atoms with E-state index >= 15 is 0 Å². The highest BCUT2D eigenvalue weighted by molar-refractivity contribution is 5.75. The van der Waals surface area contributed by atoms with E-state index in [4.69, 9.17) is 4.98 Å². The third kappa shape index (κ3) is 5.18. The molecule has 2 nitrogen and oxygen atoms in total. The van der Waals surface area contributed by atoms with E-state index in [9.17, 15) is 0 Å². The predicted octanol–water partition coefficient (Wildman–Crippen LogP) is 5.81. The SMILES string of the molecule is CCCCCCCc1nc2ccc(CCCCC)cc2[nH]1. The predicted molar refractivity (Wildman–Crippen MR) is 91.8 cm³/mol. The van der Waals surface area contributed by atoms with Gasteiger partial charge in [0.15, 0.2) is 0 Å². The summed E-state index contributed by atoms with van der Waals surface area (Å²) in [6.45, 7) is 4.52.